The highest BCUT2D eigenvalue weighted by atomic mass is 31.2. The van der Waals surface area contributed by atoms with Gasteiger partial charge in [-0.25, -0.2) is 4.57 Å². The van der Waals surface area contributed by atoms with E-state index in [1.165, 1.54) is 231 Å². The molecule has 0 bridgehead atoms. The Morgan fingerprint density at radius 2 is 0.724 bits per heavy atom. The summed E-state index contributed by atoms with van der Waals surface area (Å²) in [7, 11) is -4.39. The van der Waals surface area contributed by atoms with Crippen LogP contribution < -0.4 is 5.73 Å². The van der Waals surface area contributed by atoms with Crippen LogP contribution in [0.3, 0.4) is 0 Å². The number of unbranched alkanes of at least 4 members (excludes halogenated alkanes) is 41. The van der Waals surface area contributed by atoms with Gasteiger partial charge in [0.2, 0.25) is 0 Å². The van der Waals surface area contributed by atoms with E-state index in [-0.39, 0.29) is 38.6 Å². The molecule has 0 saturated carbocycles. The zero-order chi connectivity index (χ0) is 55.2. The number of rotatable bonds is 62. The van der Waals surface area contributed by atoms with Gasteiger partial charge in [0.15, 0.2) is 6.10 Å². The summed E-state index contributed by atoms with van der Waals surface area (Å²) < 4.78 is 33.1. The number of ether oxygens (including phenoxy) is 2. The number of esters is 2. The van der Waals surface area contributed by atoms with E-state index in [0.717, 1.165) is 64.2 Å². The summed E-state index contributed by atoms with van der Waals surface area (Å²) in [4.78, 5) is 35.3. The molecule has 0 aromatic rings. The Hall–Kier alpha value is -2.03. The molecular formula is C66H124NO8P. The van der Waals surface area contributed by atoms with E-state index < -0.39 is 26.5 Å². The minimum absolute atomic E-state index is 0.0538. The second kappa shape index (κ2) is 62.2. The smallest absolute Gasteiger partial charge is 0.462 e. The zero-order valence-corrected chi connectivity index (χ0v) is 50.9. The first-order valence-corrected chi connectivity index (χ1v) is 34.1. The molecule has 0 aliphatic rings. The van der Waals surface area contributed by atoms with Crippen LogP contribution in [0.1, 0.15) is 328 Å². The van der Waals surface area contributed by atoms with Crippen molar-refractivity contribution in [2.75, 3.05) is 26.4 Å². The molecule has 0 spiro atoms. The van der Waals surface area contributed by atoms with E-state index in [4.69, 9.17) is 24.3 Å². The molecule has 0 heterocycles. The first-order valence-electron chi connectivity index (χ1n) is 32.6. The van der Waals surface area contributed by atoms with E-state index >= 15 is 0 Å². The number of carbonyl (C=O) groups excluding carboxylic acids is 2. The third-order valence-electron chi connectivity index (χ3n) is 14.5. The maximum Gasteiger partial charge on any atom is 0.472 e. The molecule has 10 heteroatoms. The molecule has 0 aliphatic carbocycles. The highest BCUT2D eigenvalue weighted by molar-refractivity contribution is 7.47. The predicted octanol–water partition coefficient (Wildman–Crippen LogP) is 20.9. The van der Waals surface area contributed by atoms with E-state index in [0.29, 0.717) is 6.42 Å². The molecular weight excluding hydrogens is 966 g/mol. The molecule has 0 aliphatic heterocycles. The Morgan fingerprint density at radius 1 is 0.408 bits per heavy atom. The molecule has 3 N–H and O–H groups in total. The summed E-state index contributed by atoms with van der Waals surface area (Å²) in [6.45, 7) is 3.69. The highest BCUT2D eigenvalue weighted by Crippen LogP contribution is 2.43. The normalized spacial score (nSPS) is 13.3. The SMILES string of the molecule is CC/C=C\C/C=C\C/C=C\C/C=C\CCCCCCCCCCCCCCC(=O)OC(COC(=O)CCCCCCCCCCCCCCCCCCCCCCCCCCCCCCCC)COP(=O)(O)OCCN. The van der Waals surface area contributed by atoms with Crippen LogP contribution >= 0.6 is 7.82 Å². The van der Waals surface area contributed by atoms with E-state index in [9.17, 15) is 19.0 Å². The number of hydrogen-bond donors (Lipinski definition) is 2. The van der Waals surface area contributed by atoms with Crippen molar-refractivity contribution in [3.8, 4) is 0 Å². The summed E-state index contributed by atoms with van der Waals surface area (Å²) in [6.07, 6.45) is 77.7. The monoisotopic (exact) mass is 1090 g/mol. The van der Waals surface area contributed by atoms with Gasteiger partial charge in [0.1, 0.15) is 6.61 Å². The van der Waals surface area contributed by atoms with Gasteiger partial charge in [-0.15, -0.1) is 0 Å². The Bertz CT molecular complexity index is 1380. The van der Waals surface area contributed by atoms with Gasteiger partial charge in [-0.3, -0.25) is 18.6 Å². The molecule has 2 atom stereocenters. The molecule has 0 rings (SSSR count). The standard InChI is InChI=1S/C66H124NO8P/c1-3-5-7-9-11-13-15-17-19-21-23-25-27-29-30-31-32-33-35-36-38-40-42-44-46-48-50-52-54-56-58-65(68)72-62-64(63-74-76(70,71)73-61-60-67)75-66(69)59-57-55-53-51-49-47-45-43-41-39-37-34-28-26-24-22-20-18-16-14-12-10-8-6-4-2/h6,8,12,14,18,20,24,26,64H,3-5,7,9-11,13,15-17,19,21-23,25,27-63,67H2,1-2H3,(H,70,71)/b8-6-,14-12-,20-18-,26-24-. The molecule has 0 saturated heterocycles. The van der Waals surface area contributed by atoms with Crippen molar-refractivity contribution in [2.45, 2.75) is 335 Å². The predicted molar refractivity (Wildman–Crippen MR) is 326 cm³/mol. The maximum absolute atomic E-state index is 12.7. The van der Waals surface area contributed by atoms with Crippen LogP contribution in [0.4, 0.5) is 0 Å². The van der Waals surface area contributed by atoms with E-state index in [1.807, 2.05) is 0 Å². The molecule has 0 radical (unpaired) electrons. The topological polar surface area (TPSA) is 134 Å². The lowest BCUT2D eigenvalue weighted by molar-refractivity contribution is -0.161. The van der Waals surface area contributed by atoms with Crippen LogP contribution in [0.25, 0.3) is 0 Å². The van der Waals surface area contributed by atoms with Crippen molar-refractivity contribution in [3.05, 3.63) is 48.6 Å². The zero-order valence-electron chi connectivity index (χ0n) is 50.0. The minimum Gasteiger partial charge on any atom is -0.462 e. The number of hydrogen-bond acceptors (Lipinski definition) is 8. The van der Waals surface area contributed by atoms with E-state index in [2.05, 4.69) is 62.5 Å². The Labute approximate surface area is 470 Å². The van der Waals surface area contributed by atoms with Gasteiger partial charge in [0, 0.05) is 19.4 Å². The molecule has 0 amide bonds. The largest absolute Gasteiger partial charge is 0.472 e. The molecule has 446 valence electrons. The number of carbonyl (C=O) groups is 2. The third-order valence-corrected chi connectivity index (χ3v) is 15.5. The lowest BCUT2D eigenvalue weighted by Gasteiger charge is -2.19. The highest BCUT2D eigenvalue weighted by Gasteiger charge is 2.26. The number of phosphoric acid groups is 1. The Morgan fingerprint density at radius 3 is 1.08 bits per heavy atom. The Balaban J connectivity index is 3.86. The fraction of sp³-hybridized carbons (Fsp3) is 0.848. The van der Waals surface area contributed by atoms with Crippen LogP contribution in [-0.4, -0.2) is 49.3 Å². The average molecular weight is 1090 g/mol. The molecule has 0 aromatic carbocycles. The van der Waals surface area contributed by atoms with Crippen molar-refractivity contribution in [2.24, 2.45) is 5.73 Å². The van der Waals surface area contributed by atoms with Gasteiger partial charge in [-0.1, -0.05) is 313 Å². The van der Waals surface area contributed by atoms with Gasteiger partial charge in [-0.2, -0.15) is 0 Å². The average Bonchev–Trinajstić information content (AvgIpc) is 3.41. The van der Waals surface area contributed by atoms with Crippen LogP contribution in [0.5, 0.6) is 0 Å². The van der Waals surface area contributed by atoms with Crippen molar-refractivity contribution in [1.82, 2.24) is 0 Å². The summed E-state index contributed by atoms with van der Waals surface area (Å²) in [5, 5.41) is 0. The minimum atomic E-state index is -4.39. The number of nitrogens with two attached hydrogens (primary N) is 1. The van der Waals surface area contributed by atoms with Crippen LogP contribution in [0.2, 0.25) is 0 Å². The van der Waals surface area contributed by atoms with Gasteiger partial charge in [0.05, 0.1) is 13.2 Å². The maximum atomic E-state index is 12.7. The van der Waals surface area contributed by atoms with Crippen LogP contribution in [0.15, 0.2) is 48.6 Å². The number of phosphoric ester groups is 1. The number of allylic oxidation sites excluding steroid dienone is 8. The van der Waals surface area contributed by atoms with Gasteiger partial charge < -0.3 is 20.1 Å². The van der Waals surface area contributed by atoms with Gasteiger partial charge in [-0.05, 0) is 51.4 Å². The quantitative estimate of drug-likeness (QED) is 0.0264. The van der Waals surface area contributed by atoms with Gasteiger partial charge >= 0.3 is 19.8 Å². The van der Waals surface area contributed by atoms with Crippen molar-refractivity contribution >= 4 is 19.8 Å². The first kappa shape index (κ1) is 74.0. The van der Waals surface area contributed by atoms with Gasteiger partial charge in [0.25, 0.3) is 0 Å². The van der Waals surface area contributed by atoms with Crippen LogP contribution in [-0.2, 0) is 32.7 Å². The molecule has 0 fully saturated rings. The van der Waals surface area contributed by atoms with Crippen LogP contribution in [0, 0.1) is 0 Å². The second-order valence-corrected chi connectivity index (χ2v) is 23.4. The fourth-order valence-electron chi connectivity index (χ4n) is 9.69. The summed E-state index contributed by atoms with van der Waals surface area (Å²) in [6, 6.07) is 0. The lowest BCUT2D eigenvalue weighted by Crippen LogP contribution is -2.29. The molecule has 76 heavy (non-hydrogen) atoms. The first-order chi connectivity index (χ1) is 37.3. The molecule has 9 nitrogen and oxygen atoms in total. The molecule has 2 unspecified atom stereocenters. The van der Waals surface area contributed by atoms with Crippen molar-refractivity contribution in [3.63, 3.8) is 0 Å². The fourth-order valence-corrected chi connectivity index (χ4v) is 10.5. The summed E-state index contributed by atoms with van der Waals surface area (Å²) in [5.41, 5.74) is 5.39. The van der Waals surface area contributed by atoms with E-state index in [1.54, 1.807) is 0 Å². The molecule has 0 aromatic heterocycles. The Kier molecular flexibility index (Phi) is 60.5. The van der Waals surface area contributed by atoms with Crippen molar-refractivity contribution in [1.29, 1.82) is 0 Å². The van der Waals surface area contributed by atoms with Crippen molar-refractivity contribution < 1.29 is 37.6 Å². The third kappa shape index (κ3) is 61.2. The second-order valence-electron chi connectivity index (χ2n) is 22.0. The lowest BCUT2D eigenvalue weighted by atomic mass is 10.0. The summed E-state index contributed by atoms with van der Waals surface area (Å²) in [5.74, 6) is -0.814. The summed E-state index contributed by atoms with van der Waals surface area (Å²) >= 11 is 0.